The highest BCUT2D eigenvalue weighted by atomic mass is 35.5. The number of hydrogen-bond donors (Lipinski definition) is 1. The summed E-state index contributed by atoms with van der Waals surface area (Å²) in [7, 11) is 0. The molecule has 2 atom stereocenters. The Morgan fingerprint density at radius 2 is 2.09 bits per heavy atom. The van der Waals surface area contributed by atoms with Gasteiger partial charge in [0, 0.05) is 17.1 Å². The Balaban J connectivity index is 1.50. The van der Waals surface area contributed by atoms with Gasteiger partial charge in [-0.05, 0) is 42.0 Å². The lowest BCUT2D eigenvalue weighted by Gasteiger charge is -2.03. The maximum Gasteiger partial charge on any atom is 0.224 e. The highest BCUT2D eigenvalue weighted by molar-refractivity contribution is 6.31. The van der Waals surface area contributed by atoms with Crippen LogP contribution >= 0.6 is 11.6 Å². The van der Waals surface area contributed by atoms with Gasteiger partial charge in [-0.3, -0.25) is 4.79 Å². The number of pyridine rings is 1. The van der Waals surface area contributed by atoms with Crippen LogP contribution in [0.5, 0.6) is 0 Å². The van der Waals surface area contributed by atoms with Gasteiger partial charge in [-0.2, -0.15) is 0 Å². The minimum Gasteiger partial charge on any atom is -0.345 e. The minimum atomic E-state index is 0.0107. The van der Waals surface area contributed by atoms with Crippen LogP contribution in [0.2, 0.25) is 5.02 Å². The van der Waals surface area contributed by atoms with Gasteiger partial charge in [0.05, 0.1) is 6.54 Å². The van der Waals surface area contributed by atoms with Crippen LogP contribution in [0.4, 0.5) is 0 Å². The monoisotopic (exact) mass is 310 g/mol. The van der Waals surface area contributed by atoms with Gasteiger partial charge in [0.2, 0.25) is 5.91 Å². The largest absolute Gasteiger partial charge is 0.345 e. The summed E-state index contributed by atoms with van der Waals surface area (Å²) in [6, 6.07) is 13.3. The van der Waals surface area contributed by atoms with E-state index in [-0.39, 0.29) is 17.7 Å². The first-order valence-electron chi connectivity index (χ1n) is 7.18. The fourth-order valence-electron chi connectivity index (χ4n) is 2.44. The third kappa shape index (κ3) is 3.47. The van der Waals surface area contributed by atoms with E-state index in [4.69, 9.17) is 11.6 Å². The molecule has 22 heavy (non-hydrogen) atoms. The van der Waals surface area contributed by atoms with Crippen molar-refractivity contribution < 1.29 is 4.79 Å². The molecule has 1 aliphatic rings. The molecule has 0 saturated heterocycles. The average Bonchev–Trinajstić information content (AvgIpc) is 3.33. The van der Waals surface area contributed by atoms with Crippen molar-refractivity contribution in [1.82, 2.24) is 10.3 Å². The number of carbonyl (C=O) groups excluding carboxylic acids is 1. The van der Waals surface area contributed by atoms with Gasteiger partial charge in [0.15, 0.2) is 0 Å². The standard InChI is InChI=1S/C18H15ClN2O/c19-17-9-2-1-8-14(17)15-12-16(15)18(22)21-11-5-7-13-6-3-4-10-20-13/h1-4,6,8-10,15-16H,11-12H2,(H,21,22)/t15-,16-/m1/s1. The van der Waals surface area contributed by atoms with E-state index in [1.807, 2.05) is 42.5 Å². The first kappa shape index (κ1) is 14.6. The van der Waals surface area contributed by atoms with Gasteiger partial charge in [0.1, 0.15) is 5.69 Å². The number of nitrogens with zero attached hydrogens (tertiary/aromatic N) is 1. The van der Waals surface area contributed by atoms with Crippen LogP contribution in [0.1, 0.15) is 23.6 Å². The molecule has 0 aliphatic heterocycles. The van der Waals surface area contributed by atoms with E-state index < -0.39 is 0 Å². The lowest BCUT2D eigenvalue weighted by molar-refractivity contribution is -0.122. The Morgan fingerprint density at radius 3 is 2.86 bits per heavy atom. The maximum absolute atomic E-state index is 12.1. The Labute approximate surface area is 134 Å². The van der Waals surface area contributed by atoms with Crippen LogP contribution in [0.3, 0.4) is 0 Å². The fourth-order valence-corrected chi connectivity index (χ4v) is 2.71. The summed E-state index contributed by atoms with van der Waals surface area (Å²) in [4.78, 5) is 16.2. The molecule has 110 valence electrons. The molecule has 1 aromatic carbocycles. The summed E-state index contributed by atoms with van der Waals surface area (Å²) in [6.07, 6.45) is 2.55. The first-order chi connectivity index (χ1) is 10.8. The van der Waals surface area contributed by atoms with Crippen LogP contribution in [-0.4, -0.2) is 17.4 Å². The van der Waals surface area contributed by atoms with Crippen molar-refractivity contribution in [1.29, 1.82) is 0 Å². The number of rotatable bonds is 3. The topological polar surface area (TPSA) is 42.0 Å². The zero-order chi connectivity index (χ0) is 15.4. The van der Waals surface area contributed by atoms with E-state index in [1.165, 1.54) is 0 Å². The predicted octanol–water partition coefficient (Wildman–Crippen LogP) is 3.01. The third-order valence-electron chi connectivity index (χ3n) is 3.66. The van der Waals surface area contributed by atoms with E-state index >= 15 is 0 Å². The summed E-state index contributed by atoms with van der Waals surface area (Å²) >= 11 is 6.16. The van der Waals surface area contributed by atoms with Crippen molar-refractivity contribution >= 4 is 17.5 Å². The van der Waals surface area contributed by atoms with Gasteiger partial charge in [0.25, 0.3) is 0 Å². The second kappa shape index (κ2) is 6.64. The normalized spacial score (nSPS) is 19.0. The van der Waals surface area contributed by atoms with E-state index in [9.17, 15) is 4.79 Å². The Bertz CT molecular complexity index is 733. The number of nitrogens with one attached hydrogen (secondary N) is 1. The fraction of sp³-hybridized carbons (Fsp3) is 0.222. The average molecular weight is 311 g/mol. The summed E-state index contributed by atoms with van der Waals surface area (Å²) in [5.74, 6) is 6.11. The van der Waals surface area contributed by atoms with E-state index in [2.05, 4.69) is 22.1 Å². The summed E-state index contributed by atoms with van der Waals surface area (Å²) < 4.78 is 0. The molecule has 0 radical (unpaired) electrons. The molecule has 0 unspecified atom stereocenters. The van der Waals surface area contributed by atoms with Gasteiger partial charge in [-0.1, -0.05) is 41.8 Å². The van der Waals surface area contributed by atoms with Crippen molar-refractivity contribution in [3.05, 3.63) is 64.9 Å². The van der Waals surface area contributed by atoms with Crippen LogP contribution in [0.25, 0.3) is 0 Å². The summed E-state index contributed by atoms with van der Waals surface area (Å²) in [6.45, 7) is 0.334. The maximum atomic E-state index is 12.1. The molecule has 3 nitrogen and oxygen atoms in total. The zero-order valence-corrected chi connectivity index (χ0v) is 12.7. The molecule has 1 fully saturated rings. The minimum absolute atomic E-state index is 0.0107. The Kier molecular flexibility index (Phi) is 4.41. The number of benzene rings is 1. The molecule has 4 heteroatoms. The van der Waals surface area contributed by atoms with Crippen LogP contribution < -0.4 is 5.32 Å². The van der Waals surface area contributed by atoms with Crippen molar-refractivity contribution in [3.8, 4) is 11.8 Å². The molecule has 1 amide bonds. The Morgan fingerprint density at radius 1 is 1.27 bits per heavy atom. The van der Waals surface area contributed by atoms with E-state index in [0.717, 1.165) is 17.0 Å². The van der Waals surface area contributed by atoms with Crippen molar-refractivity contribution in [3.63, 3.8) is 0 Å². The molecule has 0 spiro atoms. The van der Waals surface area contributed by atoms with Crippen molar-refractivity contribution in [2.75, 3.05) is 6.54 Å². The van der Waals surface area contributed by atoms with Gasteiger partial charge < -0.3 is 5.32 Å². The highest BCUT2D eigenvalue weighted by Crippen LogP contribution is 2.49. The molecule has 1 N–H and O–H groups in total. The first-order valence-corrected chi connectivity index (χ1v) is 7.55. The number of halogens is 1. The van der Waals surface area contributed by atoms with Crippen LogP contribution in [-0.2, 0) is 4.79 Å². The van der Waals surface area contributed by atoms with Gasteiger partial charge in [-0.25, -0.2) is 4.98 Å². The lowest BCUT2D eigenvalue weighted by atomic mass is 10.1. The smallest absolute Gasteiger partial charge is 0.224 e. The van der Waals surface area contributed by atoms with Crippen LogP contribution in [0.15, 0.2) is 48.7 Å². The molecule has 1 saturated carbocycles. The second-order valence-corrected chi connectivity index (χ2v) is 5.61. The molecule has 2 aromatic rings. The highest BCUT2D eigenvalue weighted by Gasteiger charge is 2.44. The van der Waals surface area contributed by atoms with E-state index in [1.54, 1.807) is 6.20 Å². The van der Waals surface area contributed by atoms with Crippen molar-refractivity contribution in [2.24, 2.45) is 5.92 Å². The molecule has 3 rings (SSSR count). The number of amides is 1. The van der Waals surface area contributed by atoms with Gasteiger partial charge in [-0.15, -0.1) is 0 Å². The van der Waals surface area contributed by atoms with E-state index in [0.29, 0.717) is 12.2 Å². The molecular formula is C18H15ClN2O. The SMILES string of the molecule is O=C(NCC#Cc1ccccn1)[C@@H]1C[C@@H]1c1ccccc1Cl. The third-order valence-corrected chi connectivity index (χ3v) is 4.01. The Hall–Kier alpha value is -2.31. The predicted molar refractivity (Wildman–Crippen MR) is 86.4 cm³/mol. The molecule has 1 heterocycles. The molecule has 1 aromatic heterocycles. The number of hydrogen-bond acceptors (Lipinski definition) is 2. The quantitative estimate of drug-likeness (QED) is 0.886. The van der Waals surface area contributed by atoms with Crippen molar-refractivity contribution in [2.45, 2.75) is 12.3 Å². The number of aromatic nitrogens is 1. The second-order valence-electron chi connectivity index (χ2n) is 5.20. The molecule has 1 aliphatic carbocycles. The summed E-state index contributed by atoms with van der Waals surface area (Å²) in [5.41, 5.74) is 1.76. The lowest BCUT2D eigenvalue weighted by Crippen LogP contribution is -2.25. The van der Waals surface area contributed by atoms with Crippen LogP contribution in [0, 0.1) is 17.8 Å². The molecule has 0 bridgehead atoms. The molecular weight excluding hydrogens is 296 g/mol. The van der Waals surface area contributed by atoms with Gasteiger partial charge >= 0.3 is 0 Å². The number of carbonyl (C=O) groups is 1. The summed E-state index contributed by atoms with van der Waals surface area (Å²) in [5, 5.41) is 3.58. The zero-order valence-electron chi connectivity index (χ0n) is 11.9.